The van der Waals surface area contributed by atoms with E-state index in [1.54, 1.807) is 36.8 Å². The molecular weight excluding hydrogens is 470 g/mol. The van der Waals surface area contributed by atoms with E-state index in [2.05, 4.69) is 20.0 Å². The maximum absolute atomic E-state index is 13.0. The zero-order chi connectivity index (χ0) is 24.8. The maximum atomic E-state index is 13.0. The first kappa shape index (κ1) is 24.0. The Morgan fingerprint density at radius 1 is 1.14 bits per heavy atom. The van der Waals surface area contributed by atoms with E-state index in [-0.39, 0.29) is 10.5 Å². The Labute approximate surface area is 202 Å². The van der Waals surface area contributed by atoms with Crippen LogP contribution in [-0.4, -0.2) is 42.0 Å². The highest BCUT2D eigenvalue weighted by Gasteiger charge is 2.18. The fraction of sp³-hybridized carbons (Fsp3) is 0.208. The number of rotatable bonds is 10. The summed E-state index contributed by atoms with van der Waals surface area (Å²) in [5.41, 5.74) is 0.376. The van der Waals surface area contributed by atoms with Crippen LogP contribution in [0.5, 0.6) is 5.75 Å². The number of benzene rings is 2. The standard InChI is InChI=1S/C24H25N5O5S/c1-2-34-18-6-4-17(5-7-18)28-35(32,33)19-8-9-22-20(14-19)21(15-23(30)27-22)24(31)26-10-3-12-29-13-11-25-16-29/h4-9,11,13-16,28H,2-3,10,12H2,1H3,(H,26,31)(H,27,30). The van der Waals surface area contributed by atoms with Crippen molar-refractivity contribution >= 4 is 32.5 Å². The number of pyridine rings is 1. The molecule has 1 amide bonds. The number of imidazole rings is 1. The number of anilines is 1. The van der Waals surface area contributed by atoms with Crippen LogP contribution in [0.25, 0.3) is 10.9 Å². The fourth-order valence-electron chi connectivity index (χ4n) is 3.57. The third-order valence-corrected chi connectivity index (χ3v) is 6.60. The molecule has 0 saturated carbocycles. The fourth-order valence-corrected chi connectivity index (χ4v) is 4.65. The van der Waals surface area contributed by atoms with Gasteiger partial charge in [-0.2, -0.15) is 0 Å². The van der Waals surface area contributed by atoms with Crippen molar-refractivity contribution in [1.82, 2.24) is 19.9 Å². The van der Waals surface area contributed by atoms with Gasteiger partial charge in [0.15, 0.2) is 0 Å². The van der Waals surface area contributed by atoms with Gasteiger partial charge in [-0.25, -0.2) is 13.4 Å². The van der Waals surface area contributed by atoms with Crippen LogP contribution in [0.15, 0.2) is 76.9 Å². The van der Waals surface area contributed by atoms with Crippen LogP contribution in [0.2, 0.25) is 0 Å². The number of fused-ring (bicyclic) bond motifs is 1. The van der Waals surface area contributed by atoms with Gasteiger partial charge in [0.25, 0.3) is 15.9 Å². The van der Waals surface area contributed by atoms with E-state index >= 15 is 0 Å². The smallest absolute Gasteiger partial charge is 0.261 e. The third-order valence-electron chi connectivity index (χ3n) is 5.22. The Kier molecular flexibility index (Phi) is 7.16. The summed E-state index contributed by atoms with van der Waals surface area (Å²) in [6, 6.07) is 11.9. The van der Waals surface area contributed by atoms with Gasteiger partial charge in [0.2, 0.25) is 5.56 Å². The van der Waals surface area contributed by atoms with Crippen LogP contribution in [0.3, 0.4) is 0 Å². The summed E-state index contributed by atoms with van der Waals surface area (Å²) in [5.74, 6) is 0.173. The minimum Gasteiger partial charge on any atom is -0.494 e. The summed E-state index contributed by atoms with van der Waals surface area (Å²) < 4.78 is 35.8. The molecule has 0 fully saturated rings. The molecule has 4 rings (SSSR count). The summed E-state index contributed by atoms with van der Waals surface area (Å²) >= 11 is 0. The monoisotopic (exact) mass is 495 g/mol. The molecule has 3 N–H and O–H groups in total. The second kappa shape index (κ2) is 10.4. The van der Waals surface area contributed by atoms with Crippen molar-refractivity contribution in [3.05, 3.63) is 83.2 Å². The number of nitrogens with zero attached hydrogens (tertiary/aromatic N) is 2. The van der Waals surface area contributed by atoms with E-state index in [0.29, 0.717) is 48.5 Å². The molecule has 4 aromatic rings. The number of hydrogen-bond donors (Lipinski definition) is 3. The van der Waals surface area contributed by atoms with Gasteiger partial charge in [-0.1, -0.05) is 0 Å². The van der Waals surface area contributed by atoms with Gasteiger partial charge >= 0.3 is 0 Å². The molecule has 2 aromatic carbocycles. The molecule has 0 radical (unpaired) electrons. The lowest BCUT2D eigenvalue weighted by Crippen LogP contribution is -2.27. The topological polar surface area (TPSA) is 135 Å². The SMILES string of the molecule is CCOc1ccc(NS(=O)(=O)c2ccc3[nH]c(=O)cc(C(=O)NCCCn4ccnc4)c3c2)cc1. The van der Waals surface area contributed by atoms with Gasteiger partial charge in [0.05, 0.1) is 23.4 Å². The van der Waals surface area contributed by atoms with Gasteiger partial charge in [-0.15, -0.1) is 0 Å². The average Bonchev–Trinajstić information content (AvgIpc) is 3.36. The van der Waals surface area contributed by atoms with Crippen molar-refractivity contribution in [3.63, 3.8) is 0 Å². The van der Waals surface area contributed by atoms with Crippen LogP contribution in [0, 0.1) is 0 Å². The number of carbonyl (C=O) groups is 1. The normalized spacial score (nSPS) is 11.3. The van der Waals surface area contributed by atoms with Crippen molar-refractivity contribution < 1.29 is 17.9 Å². The number of aromatic amines is 1. The van der Waals surface area contributed by atoms with Crippen LogP contribution >= 0.6 is 0 Å². The molecule has 0 unspecified atom stereocenters. The maximum Gasteiger partial charge on any atom is 0.261 e. The van der Waals surface area contributed by atoms with E-state index in [0.717, 1.165) is 0 Å². The first-order chi connectivity index (χ1) is 16.9. The number of ether oxygens (including phenoxy) is 1. The van der Waals surface area contributed by atoms with Crippen molar-refractivity contribution in [2.75, 3.05) is 17.9 Å². The molecule has 0 spiro atoms. The number of sulfonamides is 1. The summed E-state index contributed by atoms with van der Waals surface area (Å²) in [4.78, 5) is 31.5. The minimum absolute atomic E-state index is 0.0416. The van der Waals surface area contributed by atoms with Gasteiger partial charge in [-0.3, -0.25) is 14.3 Å². The molecular formula is C24H25N5O5S. The molecule has 182 valence electrons. The van der Waals surface area contributed by atoms with Gasteiger partial charge in [-0.05, 0) is 55.8 Å². The molecule has 0 aliphatic carbocycles. The molecule has 0 bridgehead atoms. The van der Waals surface area contributed by atoms with E-state index in [9.17, 15) is 18.0 Å². The third kappa shape index (κ3) is 5.87. The molecule has 10 nitrogen and oxygen atoms in total. The van der Waals surface area contributed by atoms with Crippen molar-refractivity contribution in [2.45, 2.75) is 24.8 Å². The number of H-pyrrole nitrogens is 1. The number of amides is 1. The number of aromatic nitrogens is 3. The van der Waals surface area contributed by atoms with Gasteiger partial charge in [0.1, 0.15) is 5.75 Å². The van der Waals surface area contributed by atoms with E-state index in [1.807, 2.05) is 17.7 Å². The predicted molar refractivity (Wildman–Crippen MR) is 132 cm³/mol. The molecule has 0 aliphatic heterocycles. The first-order valence-electron chi connectivity index (χ1n) is 11.0. The molecule has 0 aliphatic rings. The largest absolute Gasteiger partial charge is 0.494 e. The van der Waals surface area contributed by atoms with E-state index in [4.69, 9.17) is 4.74 Å². The molecule has 2 aromatic heterocycles. The number of hydrogen-bond acceptors (Lipinski definition) is 6. The second-order valence-electron chi connectivity index (χ2n) is 7.73. The summed E-state index contributed by atoms with van der Waals surface area (Å²) in [6.45, 7) is 3.42. The predicted octanol–water partition coefficient (Wildman–Crippen LogP) is 2.74. The zero-order valence-electron chi connectivity index (χ0n) is 19.0. The molecule has 11 heteroatoms. The Hall–Kier alpha value is -4.12. The molecule has 0 saturated heterocycles. The second-order valence-corrected chi connectivity index (χ2v) is 9.41. The van der Waals surface area contributed by atoms with Crippen LogP contribution in [0.4, 0.5) is 5.69 Å². The van der Waals surface area contributed by atoms with Gasteiger partial charge < -0.3 is 19.6 Å². The summed E-state index contributed by atoms with van der Waals surface area (Å²) in [6.07, 6.45) is 5.86. The number of aryl methyl sites for hydroxylation is 1. The lowest BCUT2D eigenvalue weighted by molar-refractivity contribution is 0.0954. The molecule has 0 atom stereocenters. The summed E-state index contributed by atoms with van der Waals surface area (Å²) in [5, 5.41) is 3.12. The highest BCUT2D eigenvalue weighted by molar-refractivity contribution is 7.92. The number of carbonyl (C=O) groups excluding carboxylic acids is 1. The van der Waals surface area contributed by atoms with Crippen molar-refractivity contribution in [1.29, 1.82) is 0 Å². The van der Waals surface area contributed by atoms with Crippen molar-refractivity contribution in [2.24, 2.45) is 0 Å². The Balaban J connectivity index is 1.54. The molecule has 35 heavy (non-hydrogen) atoms. The highest BCUT2D eigenvalue weighted by Crippen LogP contribution is 2.23. The van der Waals surface area contributed by atoms with E-state index in [1.165, 1.54) is 24.3 Å². The Morgan fingerprint density at radius 2 is 1.94 bits per heavy atom. The summed E-state index contributed by atoms with van der Waals surface area (Å²) in [7, 11) is -3.95. The number of nitrogens with one attached hydrogen (secondary N) is 3. The van der Waals surface area contributed by atoms with Crippen molar-refractivity contribution in [3.8, 4) is 5.75 Å². The van der Waals surface area contributed by atoms with Crippen LogP contribution < -0.4 is 20.3 Å². The lowest BCUT2D eigenvalue weighted by atomic mass is 10.1. The lowest BCUT2D eigenvalue weighted by Gasteiger charge is -2.12. The quantitative estimate of drug-likeness (QED) is 0.290. The Morgan fingerprint density at radius 3 is 2.66 bits per heavy atom. The minimum atomic E-state index is -3.95. The van der Waals surface area contributed by atoms with E-state index < -0.39 is 21.5 Å². The zero-order valence-corrected chi connectivity index (χ0v) is 19.8. The van der Waals surface area contributed by atoms with Crippen LogP contribution in [-0.2, 0) is 16.6 Å². The van der Waals surface area contributed by atoms with Gasteiger partial charge in [0, 0.05) is 48.1 Å². The van der Waals surface area contributed by atoms with Crippen LogP contribution in [0.1, 0.15) is 23.7 Å². The Bertz CT molecular complexity index is 1480. The molecule has 2 heterocycles. The highest BCUT2D eigenvalue weighted by atomic mass is 32.2. The first-order valence-corrected chi connectivity index (χ1v) is 12.5. The average molecular weight is 496 g/mol.